The predicted octanol–water partition coefficient (Wildman–Crippen LogP) is 2.79. The fourth-order valence-corrected chi connectivity index (χ4v) is 4.82. The summed E-state index contributed by atoms with van der Waals surface area (Å²) in [5, 5.41) is 12.3. The Morgan fingerprint density at radius 1 is 1.23 bits per heavy atom. The van der Waals surface area contributed by atoms with E-state index in [0.717, 1.165) is 48.7 Å². The highest BCUT2D eigenvalue weighted by Gasteiger charge is 2.25. The minimum Gasteiger partial charge on any atom is -0.356 e. The molecule has 0 spiro atoms. The number of thioether (sulfide) groups is 1. The fraction of sp³-hybridized carbons (Fsp3) is 0.500. The molecule has 6 nitrogen and oxygen atoms in total. The van der Waals surface area contributed by atoms with Crippen molar-refractivity contribution in [2.45, 2.75) is 30.0 Å². The molecular formula is C18H25N5OS2. The molecule has 3 rings (SSSR count). The normalized spacial score (nSPS) is 16.5. The molecule has 1 fully saturated rings. The van der Waals surface area contributed by atoms with Crippen LogP contribution < -0.4 is 5.32 Å². The molecule has 1 saturated heterocycles. The van der Waals surface area contributed by atoms with Crippen molar-refractivity contribution in [2.75, 3.05) is 38.0 Å². The molecule has 1 atom stereocenters. The van der Waals surface area contributed by atoms with Crippen LogP contribution >= 0.6 is 23.1 Å². The zero-order valence-corrected chi connectivity index (χ0v) is 16.9. The molecule has 1 aromatic heterocycles. The lowest BCUT2D eigenvalue weighted by Crippen LogP contribution is -2.50. The maximum absolute atomic E-state index is 12.6. The molecule has 0 unspecified atom stereocenters. The smallest absolute Gasteiger partial charge is 0.235 e. The molecule has 26 heavy (non-hydrogen) atoms. The van der Waals surface area contributed by atoms with Gasteiger partial charge in [0.05, 0.1) is 5.25 Å². The van der Waals surface area contributed by atoms with Crippen molar-refractivity contribution in [1.82, 2.24) is 20.0 Å². The van der Waals surface area contributed by atoms with Crippen molar-refractivity contribution in [3.63, 3.8) is 0 Å². The first-order valence-electron chi connectivity index (χ1n) is 8.95. The molecule has 0 radical (unpaired) electrons. The van der Waals surface area contributed by atoms with Crippen LogP contribution in [-0.4, -0.2) is 63.9 Å². The number of benzene rings is 1. The van der Waals surface area contributed by atoms with Crippen LogP contribution in [-0.2, 0) is 11.3 Å². The number of likely N-dealkylation sites (N-methyl/N-ethyl adjacent to an activating group) is 1. The monoisotopic (exact) mass is 391 g/mol. The second-order valence-corrected chi connectivity index (χ2v) is 8.80. The van der Waals surface area contributed by atoms with Crippen molar-refractivity contribution < 1.29 is 4.79 Å². The highest BCUT2D eigenvalue weighted by Crippen LogP contribution is 2.30. The highest BCUT2D eigenvalue weighted by molar-refractivity contribution is 8.02. The lowest BCUT2D eigenvalue weighted by molar-refractivity contribution is -0.132. The second kappa shape index (κ2) is 9.34. The van der Waals surface area contributed by atoms with Gasteiger partial charge in [0.25, 0.3) is 0 Å². The summed E-state index contributed by atoms with van der Waals surface area (Å²) < 4.78 is 0.827. The third-order valence-corrected chi connectivity index (χ3v) is 6.50. The van der Waals surface area contributed by atoms with E-state index in [4.69, 9.17) is 0 Å². The van der Waals surface area contributed by atoms with Crippen LogP contribution in [0.3, 0.4) is 0 Å². The van der Waals surface area contributed by atoms with Crippen LogP contribution in [0.2, 0.25) is 0 Å². The zero-order valence-electron chi connectivity index (χ0n) is 15.2. The summed E-state index contributed by atoms with van der Waals surface area (Å²) >= 11 is 2.99. The number of nitrogens with one attached hydrogen (secondary N) is 1. The van der Waals surface area contributed by atoms with Crippen molar-refractivity contribution in [2.24, 2.45) is 0 Å². The maximum Gasteiger partial charge on any atom is 0.235 e. The molecule has 1 N–H and O–H groups in total. The van der Waals surface area contributed by atoms with Gasteiger partial charge >= 0.3 is 0 Å². The second-order valence-electron chi connectivity index (χ2n) is 6.23. The summed E-state index contributed by atoms with van der Waals surface area (Å²) in [6.07, 6.45) is 0. The summed E-state index contributed by atoms with van der Waals surface area (Å²) in [5.74, 6) is 0.194. The number of piperazine rings is 1. The van der Waals surface area contributed by atoms with Gasteiger partial charge < -0.3 is 15.1 Å². The van der Waals surface area contributed by atoms with E-state index in [1.165, 1.54) is 28.7 Å². The summed E-state index contributed by atoms with van der Waals surface area (Å²) in [6, 6.07) is 10.2. The summed E-state index contributed by atoms with van der Waals surface area (Å²) in [7, 11) is 0. The van der Waals surface area contributed by atoms with E-state index in [-0.39, 0.29) is 11.2 Å². The maximum atomic E-state index is 12.6. The Labute approximate surface area is 163 Å². The van der Waals surface area contributed by atoms with Crippen molar-refractivity contribution in [3.05, 3.63) is 35.9 Å². The molecule has 1 amide bonds. The van der Waals surface area contributed by atoms with Gasteiger partial charge in [-0.3, -0.25) is 4.79 Å². The Hall–Kier alpha value is -1.64. The largest absolute Gasteiger partial charge is 0.356 e. The summed E-state index contributed by atoms with van der Waals surface area (Å²) in [6.45, 7) is 9.45. The van der Waals surface area contributed by atoms with E-state index in [1.807, 2.05) is 30.0 Å². The molecule has 8 heteroatoms. The number of anilines is 1. The third-order valence-electron chi connectivity index (χ3n) is 4.45. The van der Waals surface area contributed by atoms with Crippen molar-refractivity contribution in [1.29, 1.82) is 0 Å². The van der Waals surface area contributed by atoms with E-state index in [1.54, 1.807) is 0 Å². The molecule has 2 heterocycles. The van der Waals surface area contributed by atoms with Gasteiger partial charge in [0.15, 0.2) is 4.34 Å². The molecule has 0 bridgehead atoms. The van der Waals surface area contributed by atoms with Crippen molar-refractivity contribution >= 4 is 34.1 Å². The van der Waals surface area contributed by atoms with Gasteiger partial charge in [-0.05, 0) is 19.0 Å². The first-order chi connectivity index (χ1) is 12.7. The Kier molecular flexibility index (Phi) is 6.87. The average Bonchev–Trinajstić information content (AvgIpc) is 3.14. The molecule has 2 aromatic rings. The van der Waals surface area contributed by atoms with Crippen LogP contribution in [0.4, 0.5) is 5.13 Å². The zero-order chi connectivity index (χ0) is 18.4. The quantitative estimate of drug-likeness (QED) is 0.733. The number of rotatable bonds is 7. The molecular weight excluding hydrogens is 366 g/mol. The van der Waals surface area contributed by atoms with Crippen LogP contribution in [0, 0.1) is 0 Å². The first kappa shape index (κ1) is 19.1. The van der Waals surface area contributed by atoms with Gasteiger partial charge in [-0.15, -0.1) is 10.2 Å². The number of hydrogen-bond acceptors (Lipinski definition) is 7. The molecule has 0 aliphatic carbocycles. The highest BCUT2D eigenvalue weighted by atomic mass is 32.2. The molecule has 140 valence electrons. The Bertz CT molecular complexity index is 701. The standard InChI is InChI=1S/C18H25N5OS2/c1-3-22-9-11-23(12-10-22)16(24)14(2)25-18-21-20-17(26-18)19-13-15-7-5-4-6-8-15/h4-8,14H,3,9-13H2,1-2H3,(H,19,20)/t14-/m1/s1. The minimum atomic E-state index is -0.141. The third kappa shape index (κ3) is 5.18. The van der Waals surface area contributed by atoms with E-state index in [2.05, 4.69) is 39.5 Å². The van der Waals surface area contributed by atoms with Gasteiger partial charge in [0.2, 0.25) is 11.0 Å². The average molecular weight is 392 g/mol. The number of hydrogen-bond donors (Lipinski definition) is 1. The van der Waals surface area contributed by atoms with Crippen LogP contribution in [0.15, 0.2) is 34.7 Å². The number of amides is 1. The fourth-order valence-electron chi connectivity index (χ4n) is 2.85. The van der Waals surface area contributed by atoms with Crippen molar-refractivity contribution in [3.8, 4) is 0 Å². The van der Waals surface area contributed by atoms with Gasteiger partial charge in [-0.1, -0.05) is 60.4 Å². The van der Waals surface area contributed by atoms with Gasteiger partial charge in [0.1, 0.15) is 0 Å². The van der Waals surface area contributed by atoms with Gasteiger partial charge in [-0.25, -0.2) is 0 Å². The first-order valence-corrected chi connectivity index (χ1v) is 10.6. The van der Waals surface area contributed by atoms with Crippen LogP contribution in [0.25, 0.3) is 0 Å². The summed E-state index contributed by atoms with van der Waals surface area (Å²) in [4.78, 5) is 17.0. The van der Waals surface area contributed by atoms with Crippen LogP contribution in [0.5, 0.6) is 0 Å². The topological polar surface area (TPSA) is 61.4 Å². The Balaban J connectivity index is 1.48. The number of aromatic nitrogens is 2. The van der Waals surface area contributed by atoms with E-state index >= 15 is 0 Å². The Morgan fingerprint density at radius 3 is 2.65 bits per heavy atom. The lowest BCUT2D eigenvalue weighted by Gasteiger charge is -2.35. The minimum absolute atomic E-state index is 0.141. The molecule has 1 aliphatic heterocycles. The number of carbonyl (C=O) groups is 1. The molecule has 1 aromatic carbocycles. The SMILES string of the molecule is CCN1CCN(C(=O)[C@@H](C)Sc2nnc(NCc3ccccc3)s2)CC1. The lowest BCUT2D eigenvalue weighted by atomic mass is 10.2. The molecule has 0 saturated carbocycles. The number of nitrogens with zero attached hydrogens (tertiary/aromatic N) is 4. The van der Waals surface area contributed by atoms with E-state index < -0.39 is 0 Å². The van der Waals surface area contributed by atoms with Crippen LogP contribution in [0.1, 0.15) is 19.4 Å². The van der Waals surface area contributed by atoms with Gasteiger partial charge in [0, 0.05) is 32.7 Å². The summed E-state index contributed by atoms with van der Waals surface area (Å²) in [5.41, 5.74) is 1.20. The van der Waals surface area contributed by atoms with E-state index in [9.17, 15) is 4.79 Å². The van der Waals surface area contributed by atoms with E-state index in [0.29, 0.717) is 0 Å². The predicted molar refractivity (Wildman–Crippen MR) is 108 cm³/mol. The van der Waals surface area contributed by atoms with Gasteiger partial charge in [-0.2, -0.15) is 0 Å². The Morgan fingerprint density at radius 2 is 1.96 bits per heavy atom. The molecule has 1 aliphatic rings. The number of carbonyl (C=O) groups excluding carboxylic acids is 1.